The van der Waals surface area contributed by atoms with Crippen molar-refractivity contribution in [2.75, 3.05) is 40.5 Å². The molecule has 0 fully saturated rings. The van der Waals surface area contributed by atoms with Gasteiger partial charge in [-0.25, -0.2) is 0 Å². The highest BCUT2D eigenvalue weighted by molar-refractivity contribution is 7.40. The molecule has 1 aromatic rings. The molecular formula is C26H46NO6P. The van der Waals surface area contributed by atoms with Gasteiger partial charge in [-0.1, -0.05) is 76.8 Å². The van der Waals surface area contributed by atoms with Crippen molar-refractivity contribution in [2.24, 2.45) is 0 Å². The van der Waals surface area contributed by atoms with Crippen LogP contribution in [0.1, 0.15) is 76.7 Å². The molecule has 2 unspecified atom stereocenters. The molecule has 0 bridgehead atoms. The van der Waals surface area contributed by atoms with Crippen LogP contribution in [0.5, 0.6) is 5.75 Å². The Balaban J connectivity index is 2.19. The molecule has 0 amide bonds. The van der Waals surface area contributed by atoms with Gasteiger partial charge in [-0.3, -0.25) is 4.79 Å². The van der Waals surface area contributed by atoms with Crippen LogP contribution >= 0.6 is 8.60 Å². The summed E-state index contributed by atoms with van der Waals surface area (Å²) in [4.78, 5) is 22.6. The zero-order valence-corrected chi connectivity index (χ0v) is 22.3. The van der Waals surface area contributed by atoms with Gasteiger partial charge in [0.2, 0.25) is 0 Å². The molecule has 2 atom stereocenters. The fourth-order valence-electron chi connectivity index (χ4n) is 3.47. The molecule has 1 aromatic carbocycles. The summed E-state index contributed by atoms with van der Waals surface area (Å²) < 4.78 is 21.5. The Bertz CT molecular complexity index is 601. The summed E-state index contributed by atoms with van der Waals surface area (Å²) in [5.74, 6) is 0.844. The van der Waals surface area contributed by atoms with Crippen LogP contribution < -0.4 is 4.74 Å². The number of likely N-dealkylation sites (N-methyl/N-ethyl adjacent to an activating group) is 1. The maximum absolute atomic E-state index is 10.8. The maximum Gasteiger partial charge on any atom is 0.330 e. The van der Waals surface area contributed by atoms with Crippen molar-refractivity contribution in [1.82, 2.24) is 4.90 Å². The number of benzene rings is 1. The van der Waals surface area contributed by atoms with Crippen LogP contribution in [0.25, 0.3) is 0 Å². The SMILES string of the molecule is CCCCCCCCCCCCOc1ccc(CC(COP(O)OCCN(C)C)OC=O)cc1. The first-order chi connectivity index (χ1) is 16.5. The largest absolute Gasteiger partial charge is 0.494 e. The van der Waals surface area contributed by atoms with Crippen molar-refractivity contribution in [1.29, 1.82) is 0 Å². The second kappa shape index (κ2) is 21.1. The summed E-state index contributed by atoms with van der Waals surface area (Å²) in [6, 6.07) is 7.80. The summed E-state index contributed by atoms with van der Waals surface area (Å²) in [5.41, 5.74) is 0.998. The molecule has 0 heterocycles. The Kier molecular flexibility index (Phi) is 19.1. The number of carbonyl (C=O) groups is 1. The van der Waals surface area contributed by atoms with Crippen molar-refractivity contribution in [3.05, 3.63) is 29.8 Å². The van der Waals surface area contributed by atoms with Gasteiger partial charge in [-0.15, -0.1) is 0 Å². The highest BCUT2D eigenvalue weighted by Gasteiger charge is 2.15. The maximum atomic E-state index is 10.8. The van der Waals surface area contributed by atoms with Gasteiger partial charge in [0.1, 0.15) is 11.9 Å². The molecule has 1 rings (SSSR count). The van der Waals surface area contributed by atoms with Gasteiger partial charge in [-0.05, 0) is 38.2 Å². The zero-order chi connectivity index (χ0) is 24.9. The summed E-state index contributed by atoms with van der Waals surface area (Å²) >= 11 is 0. The van der Waals surface area contributed by atoms with E-state index in [1.165, 1.54) is 57.8 Å². The predicted molar refractivity (Wildman–Crippen MR) is 138 cm³/mol. The Morgan fingerprint density at radius 1 is 0.912 bits per heavy atom. The fourth-order valence-corrected chi connectivity index (χ4v) is 4.08. The standard InChI is InChI=1S/C26H46NO6P/c1-4-5-6-7-8-9-10-11-12-13-19-30-25-16-14-24(15-17-25)21-26(31-23-28)22-33-34(29)32-20-18-27(2)3/h14-17,23,26,29H,4-13,18-22H2,1-3H3. The quantitative estimate of drug-likeness (QED) is 0.114. The van der Waals surface area contributed by atoms with Crippen LogP contribution in [0.15, 0.2) is 24.3 Å². The van der Waals surface area contributed by atoms with E-state index in [0.717, 1.165) is 24.3 Å². The first-order valence-corrected chi connectivity index (χ1v) is 13.9. The van der Waals surface area contributed by atoms with Crippen LogP contribution in [-0.2, 0) is 25.0 Å². The van der Waals surface area contributed by atoms with Gasteiger partial charge in [0.25, 0.3) is 6.47 Å². The number of carbonyl (C=O) groups excluding carboxylic acids is 1. The van der Waals surface area contributed by atoms with Gasteiger partial charge in [-0.2, -0.15) is 0 Å². The molecule has 0 spiro atoms. The fraction of sp³-hybridized carbons (Fsp3) is 0.731. The summed E-state index contributed by atoms with van der Waals surface area (Å²) in [6.07, 6.45) is 13.1. The van der Waals surface area contributed by atoms with Crippen molar-refractivity contribution in [3.8, 4) is 5.75 Å². The first-order valence-electron chi connectivity index (χ1n) is 12.8. The van der Waals surface area contributed by atoms with Gasteiger partial charge in [0.05, 0.1) is 19.8 Å². The van der Waals surface area contributed by atoms with Gasteiger partial charge in [0.15, 0.2) is 0 Å². The van der Waals surface area contributed by atoms with E-state index in [4.69, 9.17) is 18.5 Å². The summed E-state index contributed by atoms with van der Waals surface area (Å²) in [6.45, 7) is 4.52. The third kappa shape index (κ3) is 17.2. The minimum Gasteiger partial charge on any atom is -0.494 e. The second-order valence-corrected chi connectivity index (χ2v) is 9.90. The van der Waals surface area contributed by atoms with Crippen LogP contribution in [0.2, 0.25) is 0 Å². The third-order valence-corrected chi connectivity index (χ3v) is 6.29. The lowest BCUT2D eigenvalue weighted by molar-refractivity contribution is -0.135. The minimum atomic E-state index is -1.99. The Morgan fingerprint density at radius 2 is 1.53 bits per heavy atom. The van der Waals surface area contributed by atoms with E-state index in [2.05, 4.69) is 6.92 Å². The lowest BCUT2D eigenvalue weighted by Gasteiger charge is -2.18. The van der Waals surface area contributed by atoms with Gasteiger partial charge < -0.3 is 28.3 Å². The molecule has 0 aliphatic carbocycles. The minimum absolute atomic E-state index is 0.0693. The average molecular weight is 500 g/mol. The molecule has 7 nitrogen and oxygen atoms in total. The number of hydrogen-bond donors (Lipinski definition) is 1. The van der Waals surface area contributed by atoms with Crippen LogP contribution in [-0.4, -0.2) is 62.8 Å². The van der Waals surface area contributed by atoms with Crippen molar-refractivity contribution in [3.63, 3.8) is 0 Å². The topological polar surface area (TPSA) is 77.5 Å². The lowest BCUT2D eigenvalue weighted by atomic mass is 10.1. The van der Waals surface area contributed by atoms with E-state index in [1.807, 2.05) is 43.3 Å². The number of ether oxygens (including phenoxy) is 2. The second-order valence-electron chi connectivity index (χ2n) is 8.90. The average Bonchev–Trinajstić information content (AvgIpc) is 2.82. The van der Waals surface area contributed by atoms with E-state index in [0.29, 0.717) is 26.0 Å². The number of nitrogens with zero attached hydrogens (tertiary/aromatic N) is 1. The van der Waals surface area contributed by atoms with E-state index < -0.39 is 14.7 Å². The number of hydrogen-bond acceptors (Lipinski definition) is 7. The molecule has 0 radical (unpaired) electrons. The smallest absolute Gasteiger partial charge is 0.330 e. The molecule has 1 N–H and O–H groups in total. The van der Waals surface area contributed by atoms with E-state index >= 15 is 0 Å². The highest BCUT2D eigenvalue weighted by Crippen LogP contribution is 2.33. The molecule has 34 heavy (non-hydrogen) atoms. The van der Waals surface area contributed by atoms with Crippen LogP contribution in [0.3, 0.4) is 0 Å². The van der Waals surface area contributed by atoms with E-state index in [-0.39, 0.29) is 6.61 Å². The predicted octanol–water partition coefficient (Wildman–Crippen LogP) is 5.88. The molecule has 196 valence electrons. The monoisotopic (exact) mass is 499 g/mol. The van der Waals surface area contributed by atoms with Gasteiger partial charge in [0, 0.05) is 13.0 Å². The van der Waals surface area contributed by atoms with Crippen LogP contribution in [0.4, 0.5) is 0 Å². The Labute approximate surface area is 208 Å². The molecule has 0 aromatic heterocycles. The molecular weight excluding hydrogens is 453 g/mol. The Hall–Kier alpha value is -1.24. The Morgan fingerprint density at radius 3 is 2.12 bits per heavy atom. The molecule has 0 saturated carbocycles. The third-order valence-electron chi connectivity index (χ3n) is 5.51. The summed E-state index contributed by atoms with van der Waals surface area (Å²) in [7, 11) is 1.85. The number of unbranched alkanes of at least 4 members (excludes halogenated alkanes) is 9. The van der Waals surface area contributed by atoms with E-state index in [9.17, 15) is 9.69 Å². The number of rotatable bonds is 23. The molecule has 0 aliphatic rings. The van der Waals surface area contributed by atoms with E-state index in [1.54, 1.807) is 0 Å². The summed E-state index contributed by atoms with van der Waals surface area (Å²) in [5, 5.41) is 0. The van der Waals surface area contributed by atoms with Crippen molar-refractivity contribution < 1.29 is 28.2 Å². The first kappa shape index (κ1) is 30.8. The van der Waals surface area contributed by atoms with Gasteiger partial charge >= 0.3 is 8.60 Å². The zero-order valence-electron chi connectivity index (χ0n) is 21.5. The molecule has 8 heteroatoms. The normalized spacial score (nSPS) is 13.1. The molecule has 0 saturated heterocycles. The highest BCUT2D eigenvalue weighted by atomic mass is 31.2. The lowest BCUT2D eigenvalue weighted by Crippen LogP contribution is -2.22. The van der Waals surface area contributed by atoms with Crippen molar-refractivity contribution in [2.45, 2.75) is 83.7 Å². The molecule has 0 aliphatic heterocycles. The van der Waals surface area contributed by atoms with Crippen molar-refractivity contribution >= 4 is 15.1 Å². The van der Waals surface area contributed by atoms with Crippen LogP contribution in [0, 0.1) is 0 Å².